The lowest BCUT2D eigenvalue weighted by molar-refractivity contribution is -0.276. The number of rotatable bonds is 3. The fraction of sp³-hybridized carbons (Fsp3) is 0.667. The van der Waals surface area contributed by atoms with Crippen LogP contribution in [0.4, 0.5) is 13.3 Å². The van der Waals surface area contributed by atoms with Crippen LogP contribution in [0.3, 0.4) is 0 Å². The smallest absolute Gasteiger partial charge is 0.297 e. The van der Waals surface area contributed by atoms with Gasteiger partial charge in [-0.25, -0.2) is 4.39 Å². The first-order chi connectivity index (χ1) is 3.68. The maximum Gasteiger partial charge on any atom is 0.328 e. The van der Waals surface area contributed by atoms with Gasteiger partial charge in [0.1, 0.15) is 0 Å². The minimum absolute atomic E-state index is 0.590. The third kappa shape index (κ3) is 1.49. The number of carbonyl (C=O) groups is 1. The van der Waals surface area contributed by atoms with Crippen LogP contribution in [0.15, 0.2) is 0 Å². The zero-order valence-electron chi connectivity index (χ0n) is 3.73. The Morgan fingerprint density at radius 3 is 2.25 bits per heavy atom. The van der Waals surface area contributed by atoms with Gasteiger partial charge in [0.25, 0.3) is 0 Å². The molecule has 0 N–H and O–H groups in total. The first-order valence-electron chi connectivity index (χ1n) is 1.69. The predicted octanol–water partition coefficient (Wildman–Crippen LogP) is 0.722. The van der Waals surface area contributed by atoms with E-state index in [9.17, 15) is 18.1 Å². The van der Waals surface area contributed by atoms with E-state index in [1.165, 1.54) is 0 Å². The average Bonchev–Trinajstić information content (AvgIpc) is 1.87. The molecule has 1 atom stereocenters. The molecular formula is C3H3F3O2. The number of hydrogen-bond acceptors (Lipinski definition) is 2. The van der Waals surface area contributed by atoms with Gasteiger partial charge in [-0.1, -0.05) is 0 Å². The van der Waals surface area contributed by atoms with Crippen LogP contribution in [0.5, 0.6) is 0 Å². The summed E-state index contributed by atoms with van der Waals surface area (Å²) in [6, 6.07) is 0. The number of carbonyl (C=O) groups excluding carboxylic acids is 1. The Balaban J connectivity index is 3.76. The Hall–Kier alpha value is -0.580. The number of hydrogen-bond donors (Lipinski definition) is 0. The number of halogens is 3. The van der Waals surface area contributed by atoms with E-state index < -0.39 is 18.8 Å². The summed E-state index contributed by atoms with van der Waals surface area (Å²) in [4.78, 5) is 11.6. The van der Waals surface area contributed by atoms with Gasteiger partial charge in [-0.05, 0) is 4.53 Å². The van der Waals surface area contributed by atoms with Gasteiger partial charge < -0.3 is 0 Å². The van der Waals surface area contributed by atoms with Gasteiger partial charge in [-0.15, -0.1) is 4.94 Å². The third-order valence-electron chi connectivity index (χ3n) is 0.486. The monoisotopic (exact) mass is 128 g/mol. The predicted molar refractivity (Wildman–Crippen MR) is 18.1 cm³/mol. The molecule has 0 amide bonds. The molecule has 0 aliphatic heterocycles. The highest BCUT2D eigenvalue weighted by atomic mass is 19.3. The molecule has 0 rings (SSSR count). The SMILES string of the molecule is O=CC(F)(CF)OF. The van der Waals surface area contributed by atoms with Crippen molar-refractivity contribution in [1.29, 1.82) is 0 Å². The van der Waals surface area contributed by atoms with E-state index >= 15 is 0 Å². The fourth-order valence-corrected chi connectivity index (χ4v) is 0.0703. The Kier molecular flexibility index (Phi) is 2.47. The zero-order valence-corrected chi connectivity index (χ0v) is 3.73. The molecule has 1 unspecified atom stereocenters. The highest BCUT2D eigenvalue weighted by Crippen LogP contribution is 2.09. The van der Waals surface area contributed by atoms with Crippen LogP contribution in [0.2, 0.25) is 0 Å². The number of alkyl halides is 2. The number of aldehydes is 1. The van der Waals surface area contributed by atoms with Crippen molar-refractivity contribution in [3.8, 4) is 0 Å². The van der Waals surface area contributed by atoms with Gasteiger partial charge in [0.15, 0.2) is 13.0 Å². The van der Waals surface area contributed by atoms with Crippen LogP contribution >= 0.6 is 0 Å². The summed E-state index contributed by atoms with van der Waals surface area (Å²) in [5.41, 5.74) is 0. The van der Waals surface area contributed by atoms with Crippen molar-refractivity contribution in [3.05, 3.63) is 0 Å². The van der Waals surface area contributed by atoms with Crippen LogP contribution in [-0.2, 0) is 9.74 Å². The minimum atomic E-state index is -3.39. The largest absolute Gasteiger partial charge is 0.328 e. The van der Waals surface area contributed by atoms with Gasteiger partial charge in [-0.3, -0.25) is 4.79 Å². The Morgan fingerprint density at radius 1 is 1.75 bits per heavy atom. The van der Waals surface area contributed by atoms with E-state index in [2.05, 4.69) is 4.94 Å². The summed E-state index contributed by atoms with van der Waals surface area (Å²) in [5.74, 6) is -3.39. The topological polar surface area (TPSA) is 26.3 Å². The van der Waals surface area contributed by atoms with Crippen molar-refractivity contribution < 1.29 is 23.0 Å². The quantitative estimate of drug-likeness (QED) is 0.523. The van der Waals surface area contributed by atoms with Crippen LogP contribution in [-0.4, -0.2) is 18.8 Å². The minimum Gasteiger partial charge on any atom is -0.297 e. The summed E-state index contributed by atoms with van der Waals surface area (Å²) in [7, 11) is 0. The molecule has 0 bridgehead atoms. The van der Waals surface area contributed by atoms with E-state index in [0.29, 0.717) is 0 Å². The standard InChI is InChI=1S/C3H3F3O2/c4-1-3(5,2-7)8-6/h2H,1H2. The maximum atomic E-state index is 11.6. The lowest BCUT2D eigenvalue weighted by Gasteiger charge is -2.04. The third-order valence-corrected chi connectivity index (χ3v) is 0.486. The molecule has 5 heteroatoms. The second kappa shape index (κ2) is 2.66. The van der Waals surface area contributed by atoms with Crippen LogP contribution in [0.25, 0.3) is 0 Å². The van der Waals surface area contributed by atoms with Gasteiger partial charge in [0.2, 0.25) is 0 Å². The zero-order chi connectivity index (χ0) is 6.62. The van der Waals surface area contributed by atoms with Gasteiger partial charge in [0.05, 0.1) is 0 Å². The summed E-state index contributed by atoms with van der Waals surface area (Å²) >= 11 is 0. The summed E-state index contributed by atoms with van der Waals surface area (Å²) in [5, 5.41) is 0. The second-order valence-electron chi connectivity index (χ2n) is 1.11. The maximum absolute atomic E-state index is 11.6. The van der Waals surface area contributed by atoms with Crippen LogP contribution in [0.1, 0.15) is 0 Å². The van der Waals surface area contributed by atoms with Crippen molar-refractivity contribution in [1.82, 2.24) is 0 Å². The molecular weight excluding hydrogens is 125 g/mol. The van der Waals surface area contributed by atoms with Crippen molar-refractivity contribution in [2.24, 2.45) is 0 Å². The lowest BCUT2D eigenvalue weighted by atomic mass is 10.4. The molecule has 0 saturated carbocycles. The second-order valence-corrected chi connectivity index (χ2v) is 1.11. The van der Waals surface area contributed by atoms with Crippen molar-refractivity contribution in [3.63, 3.8) is 0 Å². The molecule has 48 valence electrons. The molecule has 0 fully saturated rings. The fourth-order valence-electron chi connectivity index (χ4n) is 0.0703. The first kappa shape index (κ1) is 7.42. The van der Waals surface area contributed by atoms with Crippen LogP contribution < -0.4 is 0 Å². The first-order valence-corrected chi connectivity index (χ1v) is 1.69. The van der Waals surface area contributed by atoms with E-state index in [4.69, 9.17) is 0 Å². The van der Waals surface area contributed by atoms with Gasteiger partial charge >= 0.3 is 5.85 Å². The molecule has 0 heterocycles. The average molecular weight is 128 g/mol. The highest BCUT2D eigenvalue weighted by Gasteiger charge is 2.31. The molecule has 8 heavy (non-hydrogen) atoms. The highest BCUT2D eigenvalue weighted by molar-refractivity contribution is 5.59. The molecule has 0 aliphatic rings. The molecule has 0 aliphatic carbocycles. The Labute approximate surface area is 43.1 Å². The van der Waals surface area contributed by atoms with Crippen molar-refractivity contribution in [2.45, 2.75) is 5.85 Å². The van der Waals surface area contributed by atoms with E-state index in [1.807, 2.05) is 0 Å². The van der Waals surface area contributed by atoms with E-state index in [1.54, 1.807) is 0 Å². The summed E-state index contributed by atoms with van der Waals surface area (Å²) < 4.78 is 33.4. The molecule has 0 saturated heterocycles. The van der Waals surface area contributed by atoms with Gasteiger partial charge in [0, 0.05) is 0 Å². The Bertz CT molecular complexity index is 80.6. The van der Waals surface area contributed by atoms with Crippen molar-refractivity contribution >= 4 is 6.29 Å². The lowest BCUT2D eigenvalue weighted by Crippen LogP contribution is -2.27. The van der Waals surface area contributed by atoms with E-state index in [-0.39, 0.29) is 0 Å². The molecule has 0 radical (unpaired) electrons. The van der Waals surface area contributed by atoms with Crippen LogP contribution in [0, 0.1) is 0 Å². The van der Waals surface area contributed by atoms with Crippen molar-refractivity contribution in [2.75, 3.05) is 6.67 Å². The molecule has 0 aromatic carbocycles. The molecule has 0 aromatic heterocycles. The van der Waals surface area contributed by atoms with E-state index in [0.717, 1.165) is 0 Å². The normalized spacial score (nSPS) is 17.4. The molecule has 2 nitrogen and oxygen atoms in total. The molecule has 0 aromatic rings. The Morgan fingerprint density at radius 2 is 2.25 bits per heavy atom. The van der Waals surface area contributed by atoms with Gasteiger partial charge in [-0.2, -0.15) is 4.39 Å². The summed E-state index contributed by atoms with van der Waals surface area (Å²) in [6.45, 7) is -1.81. The summed E-state index contributed by atoms with van der Waals surface area (Å²) in [6.07, 6.45) is -0.590. The molecule has 0 spiro atoms.